The van der Waals surface area contributed by atoms with E-state index >= 15 is 0 Å². The minimum atomic E-state index is -0.931. The lowest BCUT2D eigenvalue weighted by molar-refractivity contribution is -0.142. The zero-order valence-electron chi connectivity index (χ0n) is 10.1. The van der Waals surface area contributed by atoms with Gasteiger partial charge in [0.15, 0.2) is 6.04 Å². The van der Waals surface area contributed by atoms with Gasteiger partial charge in [0.05, 0.1) is 0 Å². The van der Waals surface area contributed by atoms with E-state index in [1.165, 1.54) is 4.68 Å². The van der Waals surface area contributed by atoms with Crippen molar-refractivity contribution in [3.63, 3.8) is 0 Å². The van der Waals surface area contributed by atoms with Crippen LogP contribution in [0.15, 0.2) is 24.5 Å². The third-order valence-corrected chi connectivity index (χ3v) is 3.41. The van der Waals surface area contributed by atoms with Crippen molar-refractivity contribution in [2.75, 3.05) is 5.73 Å². The van der Waals surface area contributed by atoms with Crippen molar-refractivity contribution >= 4 is 11.9 Å². The summed E-state index contributed by atoms with van der Waals surface area (Å²) < 4.78 is 1.43. The van der Waals surface area contributed by atoms with E-state index in [4.69, 9.17) is 5.73 Å². The average Bonchev–Trinajstić information content (AvgIpc) is 2.78. The molecule has 0 fully saturated rings. The number of nitrogen functional groups attached to an aromatic ring is 1. The van der Waals surface area contributed by atoms with E-state index in [0.29, 0.717) is 18.7 Å². The Morgan fingerprint density at radius 1 is 1.53 bits per heavy atom. The van der Waals surface area contributed by atoms with Crippen molar-refractivity contribution in [3.8, 4) is 0 Å². The molecule has 98 valence electrons. The minimum Gasteiger partial charge on any atom is -0.480 e. The van der Waals surface area contributed by atoms with Crippen molar-refractivity contribution in [2.24, 2.45) is 0 Å². The number of anilines is 1. The molecule has 0 aliphatic carbocycles. The van der Waals surface area contributed by atoms with Crippen LogP contribution in [-0.2, 0) is 11.2 Å². The van der Waals surface area contributed by atoms with Gasteiger partial charge in [0, 0.05) is 24.7 Å². The van der Waals surface area contributed by atoms with Crippen molar-refractivity contribution < 1.29 is 9.90 Å². The summed E-state index contributed by atoms with van der Waals surface area (Å²) in [7, 11) is 0. The Bertz CT molecular complexity index is 610. The summed E-state index contributed by atoms with van der Waals surface area (Å²) in [6, 6.07) is 2.91. The Morgan fingerprint density at radius 2 is 2.37 bits per heavy atom. The highest BCUT2D eigenvalue weighted by Crippen LogP contribution is 2.37. The number of aliphatic carboxylic acids is 1. The topological polar surface area (TPSA) is 107 Å². The van der Waals surface area contributed by atoms with Crippen LogP contribution in [0.5, 0.6) is 0 Å². The summed E-state index contributed by atoms with van der Waals surface area (Å²) in [5, 5.41) is 13.5. The number of aryl methyl sites for hydroxylation is 1. The fourth-order valence-corrected chi connectivity index (χ4v) is 2.60. The zero-order chi connectivity index (χ0) is 13.4. The molecule has 2 aromatic rings. The van der Waals surface area contributed by atoms with Crippen molar-refractivity contribution in [2.45, 2.75) is 24.8 Å². The molecule has 3 rings (SSSR count). The smallest absolute Gasteiger partial charge is 0.329 e. The number of hydrogen-bond donors (Lipinski definition) is 2. The van der Waals surface area contributed by atoms with Crippen molar-refractivity contribution in [1.82, 2.24) is 19.7 Å². The number of carboxylic acids is 1. The first-order valence-electron chi connectivity index (χ1n) is 6.00. The monoisotopic (exact) mass is 259 g/mol. The number of fused-ring (bicyclic) bond motifs is 1. The normalized spacial score (nSPS) is 21.9. The molecule has 7 nitrogen and oxygen atoms in total. The molecule has 0 amide bonds. The lowest BCUT2D eigenvalue weighted by atomic mass is 9.86. The molecule has 0 aromatic carbocycles. The second kappa shape index (κ2) is 4.34. The highest BCUT2D eigenvalue weighted by molar-refractivity contribution is 5.73. The van der Waals surface area contributed by atoms with Crippen molar-refractivity contribution in [3.05, 3.63) is 35.9 Å². The Hall–Kier alpha value is -2.44. The minimum absolute atomic E-state index is 0.119. The highest BCUT2D eigenvalue weighted by Gasteiger charge is 2.37. The standard InChI is InChI=1S/C12H13N5O2/c13-12-15-9-4-3-8(7-2-1-5-14-6-7)10(11(18)19)17(9)16-12/h1-2,5-6,8,10H,3-4H2,(H2,13,16)(H,18,19). The van der Waals surface area contributed by atoms with Crippen LogP contribution in [0.3, 0.4) is 0 Å². The largest absolute Gasteiger partial charge is 0.480 e. The van der Waals surface area contributed by atoms with Gasteiger partial charge < -0.3 is 10.8 Å². The van der Waals surface area contributed by atoms with Gasteiger partial charge in [-0.2, -0.15) is 4.98 Å². The van der Waals surface area contributed by atoms with E-state index in [0.717, 1.165) is 5.56 Å². The van der Waals surface area contributed by atoms with Crippen LogP contribution in [-0.4, -0.2) is 30.8 Å². The first-order valence-corrected chi connectivity index (χ1v) is 6.00. The third-order valence-electron chi connectivity index (χ3n) is 3.41. The number of nitrogens with two attached hydrogens (primary N) is 1. The van der Waals surface area contributed by atoms with Gasteiger partial charge in [-0.1, -0.05) is 6.07 Å². The summed E-state index contributed by atoms with van der Waals surface area (Å²) in [5.41, 5.74) is 6.45. The quantitative estimate of drug-likeness (QED) is 0.818. The van der Waals surface area contributed by atoms with E-state index in [1.807, 2.05) is 6.07 Å². The molecule has 2 aromatic heterocycles. The average molecular weight is 259 g/mol. The SMILES string of the molecule is Nc1nc2n(n1)C(C(=O)O)C(c1cccnc1)CC2. The first kappa shape index (κ1) is 11.6. The van der Waals surface area contributed by atoms with E-state index in [1.54, 1.807) is 18.5 Å². The van der Waals surface area contributed by atoms with Gasteiger partial charge in [-0.15, -0.1) is 5.10 Å². The fourth-order valence-electron chi connectivity index (χ4n) is 2.60. The van der Waals surface area contributed by atoms with Crippen molar-refractivity contribution in [1.29, 1.82) is 0 Å². The van der Waals surface area contributed by atoms with Crippen LogP contribution in [0.25, 0.3) is 0 Å². The molecule has 3 N–H and O–H groups in total. The first-order chi connectivity index (χ1) is 9.16. The summed E-state index contributed by atoms with van der Waals surface area (Å²) in [5.74, 6) is -0.349. The number of hydrogen-bond acceptors (Lipinski definition) is 5. The molecule has 0 saturated heterocycles. The predicted molar refractivity (Wildman–Crippen MR) is 66.4 cm³/mol. The van der Waals surface area contributed by atoms with Crippen LogP contribution < -0.4 is 5.73 Å². The predicted octanol–water partition coefficient (Wildman–Crippen LogP) is 0.611. The van der Waals surface area contributed by atoms with E-state index < -0.39 is 12.0 Å². The number of carbonyl (C=O) groups is 1. The summed E-state index contributed by atoms with van der Waals surface area (Å²) in [4.78, 5) is 19.7. The maximum absolute atomic E-state index is 11.6. The van der Waals surface area contributed by atoms with Crippen LogP contribution in [0, 0.1) is 0 Å². The van der Waals surface area contributed by atoms with E-state index in [-0.39, 0.29) is 11.9 Å². The van der Waals surface area contributed by atoms with Gasteiger partial charge in [0.25, 0.3) is 0 Å². The van der Waals surface area contributed by atoms with Gasteiger partial charge in [-0.3, -0.25) is 4.98 Å². The summed E-state index contributed by atoms with van der Waals surface area (Å²) in [6.07, 6.45) is 4.72. The number of rotatable bonds is 2. The highest BCUT2D eigenvalue weighted by atomic mass is 16.4. The molecule has 0 bridgehead atoms. The maximum Gasteiger partial charge on any atom is 0.329 e. The molecule has 2 atom stereocenters. The Morgan fingerprint density at radius 3 is 3.05 bits per heavy atom. The Labute approximate surface area is 109 Å². The zero-order valence-corrected chi connectivity index (χ0v) is 10.1. The molecular weight excluding hydrogens is 246 g/mol. The van der Waals surface area contributed by atoms with Gasteiger partial charge >= 0.3 is 5.97 Å². The maximum atomic E-state index is 11.6. The van der Waals surface area contributed by atoms with Gasteiger partial charge in [-0.05, 0) is 18.1 Å². The molecule has 2 unspecified atom stereocenters. The summed E-state index contributed by atoms with van der Waals surface area (Å²) in [6.45, 7) is 0. The lowest BCUT2D eigenvalue weighted by Crippen LogP contribution is -2.32. The lowest BCUT2D eigenvalue weighted by Gasteiger charge is -2.29. The van der Waals surface area contributed by atoms with Crippen LogP contribution >= 0.6 is 0 Å². The Balaban J connectivity index is 2.06. The van der Waals surface area contributed by atoms with Gasteiger partial charge in [0.1, 0.15) is 5.82 Å². The molecule has 1 aliphatic heterocycles. The van der Waals surface area contributed by atoms with Gasteiger partial charge in [0.2, 0.25) is 5.95 Å². The van der Waals surface area contributed by atoms with Crippen LogP contribution in [0.2, 0.25) is 0 Å². The van der Waals surface area contributed by atoms with Crippen LogP contribution in [0.4, 0.5) is 5.95 Å². The molecule has 0 radical (unpaired) electrons. The Kier molecular flexibility index (Phi) is 2.66. The van der Waals surface area contributed by atoms with Gasteiger partial charge in [-0.25, -0.2) is 9.48 Å². The van der Waals surface area contributed by atoms with E-state index in [9.17, 15) is 9.90 Å². The number of carboxylic acid groups (broad SMARTS) is 1. The second-order valence-electron chi connectivity index (χ2n) is 4.55. The second-order valence-corrected chi connectivity index (χ2v) is 4.55. The number of nitrogens with zero attached hydrogens (tertiary/aromatic N) is 4. The molecule has 0 saturated carbocycles. The molecule has 7 heteroatoms. The number of pyridine rings is 1. The van der Waals surface area contributed by atoms with Crippen LogP contribution in [0.1, 0.15) is 29.8 Å². The summed E-state index contributed by atoms with van der Waals surface area (Å²) >= 11 is 0. The molecular formula is C12H13N5O2. The number of aromatic nitrogens is 4. The molecule has 19 heavy (non-hydrogen) atoms. The van der Waals surface area contributed by atoms with E-state index in [2.05, 4.69) is 15.1 Å². The molecule has 0 spiro atoms. The molecule has 3 heterocycles. The molecule has 1 aliphatic rings. The fraction of sp³-hybridized carbons (Fsp3) is 0.333. The third kappa shape index (κ3) is 1.92.